The number of benzene rings is 2. The first kappa shape index (κ1) is 14.1. The highest BCUT2D eigenvalue weighted by atomic mass is 35.5. The summed E-state index contributed by atoms with van der Waals surface area (Å²) in [6, 6.07) is 6.58. The van der Waals surface area contributed by atoms with Crippen LogP contribution in [0.25, 0.3) is 11.1 Å². The van der Waals surface area contributed by atoms with Gasteiger partial charge in [-0.25, -0.2) is 0 Å². The molecule has 0 aromatic heterocycles. The van der Waals surface area contributed by atoms with Crippen LogP contribution >= 0.6 is 34.8 Å². The maximum absolute atomic E-state index is 13.6. The van der Waals surface area contributed by atoms with Crippen molar-refractivity contribution in [3.63, 3.8) is 0 Å². The van der Waals surface area contributed by atoms with E-state index >= 15 is 0 Å². The fraction of sp³-hybridized carbons (Fsp3) is 0. The van der Waals surface area contributed by atoms with Crippen LogP contribution in [0.4, 0.5) is 10.1 Å². The fourth-order valence-electron chi connectivity index (χ4n) is 1.57. The van der Waals surface area contributed by atoms with Crippen molar-refractivity contribution in [3.05, 3.63) is 61.3 Å². The Labute approximate surface area is 122 Å². The first-order valence-corrected chi connectivity index (χ1v) is 6.13. The van der Waals surface area contributed by atoms with Crippen molar-refractivity contribution in [1.82, 2.24) is 0 Å². The predicted octanol–water partition coefficient (Wildman–Crippen LogP) is 5.36. The lowest BCUT2D eigenvalue weighted by atomic mass is 10.1. The molecule has 0 atom stereocenters. The van der Waals surface area contributed by atoms with Crippen molar-refractivity contribution in [2.24, 2.45) is 0 Å². The number of nitro benzene ring substituents is 1. The van der Waals surface area contributed by atoms with Gasteiger partial charge >= 0.3 is 5.69 Å². The predicted molar refractivity (Wildman–Crippen MR) is 73.5 cm³/mol. The second-order valence-corrected chi connectivity index (χ2v) is 4.81. The molecule has 0 amide bonds. The number of nitrogens with zero attached hydrogens (tertiary/aromatic N) is 1. The third-order valence-electron chi connectivity index (χ3n) is 2.49. The summed E-state index contributed by atoms with van der Waals surface area (Å²) < 4.78 is 13.6. The first-order chi connectivity index (χ1) is 8.91. The van der Waals surface area contributed by atoms with Crippen molar-refractivity contribution < 1.29 is 9.31 Å². The summed E-state index contributed by atoms with van der Waals surface area (Å²) in [4.78, 5) is 9.74. The molecule has 7 heteroatoms. The molecule has 2 aromatic carbocycles. The molecule has 2 aromatic rings. The molecule has 3 nitrogen and oxygen atoms in total. The van der Waals surface area contributed by atoms with E-state index in [0.717, 1.165) is 12.1 Å². The quantitative estimate of drug-likeness (QED) is 0.424. The van der Waals surface area contributed by atoms with Gasteiger partial charge in [-0.2, -0.15) is 4.39 Å². The van der Waals surface area contributed by atoms with Gasteiger partial charge in [0.2, 0.25) is 5.82 Å². The monoisotopic (exact) mass is 319 g/mol. The van der Waals surface area contributed by atoms with Crippen LogP contribution in [0, 0.1) is 15.9 Å². The number of hydrogen-bond donors (Lipinski definition) is 0. The van der Waals surface area contributed by atoms with Gasteiger partial charge in [0.1, 0.15) is 0 Å². The third-order valence-corrected chi connectivity index (χ3v) is 3.78. The average Bonchev–Trinajstić information content (AvgIpc) is 2.35. The smallest absolute Gasteiger partial charge is 0.258 e. The lowest BCUT2D eigenvalue weighted by Gasteiger charge is -2.07. The largest absolute Gasteiger partial charge is 0.304 e. The van der Waals surface area contributed by atoms with Crippen molar-refractivity contribution >= 4 is 40.5 Å². The summed E-state index contributed by atoms with van der Waals surface area (Å²) >= 11 is 17.7. The Balaban J connectivity index is 2.58. The Morgan fingerprint density at radius 1 is 1.05 bits per heavy atom. The minimum absolute atomic E-state index is 0.152. The minimum Gasteiger partial charge on any atom is -0.258 e. The lowest BCUT2D eigenvalue weighted by molar-refractivity contribution is -0.387. The molecule has 0 aliphatic carbocycles. The summed E-state index contributed by atoms with van der Waals surface area (Å²) in [6.45, 7) is 0. The molecule has 98 valence electrons. The zero-order chi connectivity index (χ0) is 14.2. The van der Waals surface area contributed by atoms with Crippen molar-refractivity contribution in [2.75, 3.05) is 0 Å². The van der Waals surface area contributed by atoms with E-state index in [1.165, 1.54) is 12.1 Å². The van der Waals surface area contributed by atoms with Gasteiger partial charge in [0, 0.05) is 11.6 Å². The Morgan fingerprint density at radius 2 is 1.74 bits per heavy atom. The molecular weight excluding hydrogens is 315 g/mol. The van der Waals surface area contributed by atoms with Crippen LogP contribution < -0.4 is 0 Å². The van der Waals surface area contributed by atoms with E-state index in [0.29, 0.717) is 11.1 Å². The zero-order valence-electron chi connectivity index (χ0n) is 9.16. The van der Waals surface area contributed by atoms with E-state index in [2.05, 4.69) is 0 Å². The van der Waals surface area contributed by atoms with Crippen LogP contribution in [-0.2, 0) is 0 Å². The van der Waals surface area contributed by atoms with Gasteiger partial charge in [-0.3, -0.25) is 10.1 Å². The van der Waals surface area contributed by atoms with Gasteiger partial charge < -0.3 is 0 Å². The van der Waals surface area contributed by atoms with Gasteiger partial charge in [0.15, 0.2) is 0 Å². The Hall–Kier alpha value is -1.36. The van der Waals surface area contributed by atoms with Gasteiger partial charge in [-0.05, 0) is 23.8 Å². The Bertz CT molecular complexity index is 676. The molecule has 2 rings (SSSR count). The summed E-state index contributed by atoms with van der Waals surface area (Å²) in [6.07, 6.45) is 0. The number of nitro groups is 1. The van der Waals surface area contributed by atoms with Crippen LogP contribution in [0.1, 0.15) is 0 Å². The van der Waals surface area contributed by atoms with Crippen molar-refractivity contribution in [2.45, 2.75) is 0 Å². The van der Waals surface area contributed by atoms with Gasteiger partial charge in [0.25, 0.3) is 0 Å². The second-order valence-electron chi connectivity index (χ2n) is 3.65. The van der Waals surface area contributed by atoms with Crippen LogP contribution in [0.15, 0.2) is 30.3 Å². The molecule has 0 fully saturated rings. The van der Waals surface area contributed by atoms with E-state index in [-0.39, 0.29) is 15.1 Å². The van der Waals surface area contributed by atoms with E-state index in [1.807, 2.05) is 0 Å². The molecule has 0 unspecified atom stereocenters. The fourth-order valence-corrected chi connectivity index (χ4v) is 2.22. The summed E-state index contributed by atoms with van der Waals surface area (Å²) in [5.74, 6) is -0.940. The third kappa shape index (κ3) is 2.66. The van der Waals surface area contributed by atoms with Crippen LogP contribution in [0.5, 0.6) is 0 Å². The molecule has 0 saturated carbocycles. The zero-order valence-corrected chi connectivity index (χ0v) is 11.4. The van der Waals surface area contributed by atoms with Gasteiger partial charge in [0.05, 0.1) is 20.0 Å². The Kier molecular flexibility index (Phi) is 3.94. The molecule has 0 N–H and O–H groups in total. The highest BCUT2D eigenvalue weighted by Crippen LogP contribution is 2.38. The van der Waals surface area contributed by atoms with Crippen molar-refractivity contribution in [1.29, 1.82) is 0 Å². The second kappa shape index (κ2) is 5.33. The summed E-state index contributed by atoms with van der Waals surface area (Å²) in [5, 5.41) is 11.1. The normalized spacial score (nSPS) is 10.5. The number of rotatable bonds is 2. The standard InChI is InChI=1S/C12H5Cl3FNO2/c13-8-3-2-7(11(14)12(8)15)6-1-4-10(17(18)19)9(16)5-6/h1-5H. The molecule has 0 aliphatic rings. The molecule has 0 radical (unpaired) electrons. The molecule has 0 saturated heterocycles. The minimum atomic E-state index is -0.940. The summed E-state index contributed by atoms with van der Waals surface area (Å²) in [7, 11) is 0. The molecule has 0 spiro atoms. The maximum atomic E-state index is 13.6. The topological polar surface area (TPSA) is 43.1 Å². The van der Waals surface area contributed by atoms with E-state index in [4.69, 9.17) is 34.8 Å². The lowest BCUT2D eigenvalue weighted by Crippen LogP contribution is -1.93. The van der Waals surface area contributed by atoms with E-state index < -0.39 is 16.4 Å². The van der Waals surface area contributed by atoms with Crippen LogP contribution in [0.3, 0.4) is 0 Å². The van der Waals surface area contributed by atoms with E-state index in [9.17, 15) is 14.5 Å². The van der Waals surface area contributed by atoms with E-state index in [1.54, 1.807) is 6.07 Å². The average molecular weight is 321 g/mol. The van der Waals surface area contributed by atoms with Gasteiger partial charge in [-0.15, -0.1) is 0 Å². The summed E-state index contributed by atoms with van der Waals surface area (Å²) in [5.41, 5.74) is 0.233. The number of halogens is 4. The highest BCUT2D eigenvalue weighted by Gasteiger charge is 2.16. The van der Waals surface area contributed by atoms with Gasteiger partial charge in [-0.1, -0.05) is 40.9 Å². The molecule has 0 bridgehead atoms. The number of hydrogen-bond acceptors (Lipinski definition) is 2. The maximum Gasteiger partial charge on any atom is 0.304 e. The molecule has 0 heterocycles. The highest BCUT2D eigenvalue weighted by molar-refractivity contribution is 6.49. The first-order valence-electron chi connectivity index (χ1n) is 4.99. The Morgan fingerprint density at radius 3 is 2.32 bits per heavy atom. The molecule has 19 heavy (non-hydrogen) atoms. The van der Waals surface area contributed by atoms with Crippen LogP contribution in [-0.4, -0.2) is 4.92 Å². The molecular formula is C12H5Cl3FNO2. The van der Waals surface area contributed by atoms with Crippen LogP contribution in [0.2, 0.25) is 15.1 Å². The molecule has 0 aliphatic heterocycles. The van der Waals surface area contributed by atoms with Crippen molar-refractivity contribution in [3.8, 4) is 11.1 Å². The SMILES string of the molecule is O=[N+]([O-])c1ccc(-c2ccc(Cl)c(Cl)c2Cl)cc1F.